The maximum atomic E-state index is 12.2. The number of rotatable bonds is 3. The molecule has 1 fully saturated rings. The van der Waals surface area contributed by atoms with E-state index >= 15 is 0 Å². The van der Waals surface area contributed by atoms with E-state index in [0.29, 0.717) is 6.54 Å². The van der Waals surface area contributed by atoms with E-state index in [1.807, 2.05) is 11.0 Å². The van der Waals surface area contributed by atoms with Crippen LogP contribution in [0.5, 0.6) is 0 Å². The first-order valence-electron chi connectivity index (χ1n) is 8.07. The van der Waals surface area contributed by atoms with Crippen LogP contribution in [0.1, 0.15) is 30.5 Å². The second kappa shape index (κ2) is 6.38. The number of nitrogens with one attached hydrogen (secondary N) is 1. The summed E-state index contributed by atoms with van der Waals surface area (Å²) in [6.07, 6.45) is 6.47. The van der Waals surface area contributed by atoms with Gasteiger partial charge in [-0.15, -0.1) is 6.58 Å². The second-order valence-electron chi connectivity index (χ2n) is 6.13. The lowest BCUT2D eigenvalue weighted by Gasteiger charge is -2.29. The number of likely N-dealkylation sites (tertiary alicyclic amines) is 1. The molecule has 1 aromatic rings. The number of nitrogens with zero attached hydrogens (tertiary/aromatic N) is 2. The van der Waals surface area contributed by atoms with Crippen molar-refractivity contribution in [1.82, 2.24) is 14.8 Å². The predicted octanol–water partition coefficient (Wildman–Crippen LogP) is 1.70. The number of fused-ring (bicyclic) bond motifs is 1. The Morgan fingerprint density at radius 2 is 2.14 bits per heavy atom. The van der Waals surface area contributed by atoms with Crippen LogP contribution in [0.3, 0.4) is 0 Å². The van der Waals surface area contributed by atoms with Gasteiger partial charge >= 0.3 is 6.03 Å². The van der Waals surface area contributed by atoms with Crippen molar-refractivity contribution in [2.24, 2.45) is 0 Å². The molecule has 1 saturated heterocycles. The number of amides is 2. The van der Waals surface area contributed by atoms with Gasteiger partial charge in [0.15, 0.2) is 0 Å². The summed E-state index contributed by atoms with van der Waals surface area (Å²) in [5.74, 6) is 0. The van der Waals surface area contributed by atoms with E-state index in [-0.39, 0.29) is 17.6 Å². The van der Waals surface area contributed by atoms with Crippen molar-refractivity contribution in [3.63, 3.8) is 0 Å². The lowest BCUT2D eigenvalue weighted by Crippen LogP contribution is -2.46. The standard InChI is InChI=1S/C17H23N3O2/c1-2-9-20-15-7-6-14(12-13(15)5-8-16(20)21)18-17(22)19-10-3-4-11-19/h2,5,8,14H,1,3-4,6-7,9-12H2,(H,18,22). The molecule has 2 aliphatic rings. The van der Waals surface area contributed by atoms with Crippen molar-refractivity contribution < 1.29 is 4.79 Å². The molecule has 0 saturated carbocycles. The van der Waals surface area contributed by atoms with Gasteiger partial charge in [-0.2, -0.15) is 0 Å². The van der Waals surface area contributed by atoms with Gasteiger partial charge in [-0.05, 0) is 37.7 Å². The Morgan fingerprint density at radius 1 is 1.36 bits per heavy atom. The maximum absolute atomic E-state index is 12.2. The summed E-state index contributed by atoms with van der Waals surface area (Å²) in [5, 5.41) is 3.15. The van der Waals surface area contributed by atoms with Crippen LogP contribution in [0.15, 0.2) is 29.6 Å². The highest BCUT2D eigenvalue weighted by molar-refractivity contribution is 5.74. The molecule has 22 heavy (non-hydrogen) atoms. The van der Waals surface area contributed by atoms with Crippen molar-refractivity contribution in [3.05, 3.63) is 46.4 Å². The molecule has 1 aromatic heterocycles. The Bertz CT molecular complexity index is 629. The first-order chi connectivity index (χ1) is 10.7. The second-order valence-corrected chi connectivity index (χ2v) is 6.13. The van der Waals surface area contributed by atoms with Crippen LogP contribution in [0.2, 0.25) is 0 Å². The summed E-state index contributed by atoms with van der Waals surface area (Å²) in [4.78, 5) is 26.0. The lowest BCUT2D eigenvalue weighted by molar-refractivity contribution is 0.203. The third-order valence-electron chi connectivity index (χ3n) is 4.62. The number of carbonyl (C=O) groups excluding carboxylic acids is 1. The lowest BCUT2D eigenvalue weighted by atomic mass is 9.91. The van der Waals surface area contributed by atoms with Gasteiger partial charge in [-0.3, -0.25) is 4.79 Å². The molecule has 5 nitrogen and oxygen atoms in total. The minimum absolute atomic E-state index is 0.0261. The Labute approximate surface area is 130 Å². The Kier molecular flexibility index (Phi) is 4.32. The fourth-order valence-corrected chi connectivity index (χ4v) is 3.46. The summed E-state index contributed by atoms with van der Waals surface area (Å²) in [7, 11) is 0. The topological polar surface area (TPSA) is 54.3 Å². The third kappa shape index (κ3) is 2.93. The zero-order valence-electron chi connectivity index (χ0n) is 12.9. The SMILES string of the molecule is C=CCn1c2c(ccc1=O)CC(NC(=O)N1CCCC1)CC2. The third-order valence-corrected chi connectivity index (χ3v) is 4.62. The number of hydrogen-bond acceptors (Lipinski definition) is 2. The van der Waals surface area contributed by atoms with Gasteiger partial charge in [0.2, 0.25) is 0 Å². The van der Waals surface area contributed by atoms with Gasteiger partial charge in [0.05, 0.1) is 0 Å². The highest BCUT2D eigenvalue weighted by Crippen LogP contribution is 2.21. The summed E-state index contributed by atoms with van der Waals surface area (Å²) >= 11 is 0. The van der Waals surface area contributed by atoms with E-state index in [1.165, 1.54) is 5.56 Å². The first-order valence-corrected chi connectivity index (χ1v) is 8.07. The van der Waals surface area contributed by atoms with E-state index in [4.69, 9.17) is 0 Å². The number of pyridine rings is 1. The molecule has 1 N–H and O–H groups in total. The molecule has 0 spiro atoms. The van der Waals surface area contributed by atoms with Crippen LogP contribution < -0.4 is 10.9 Å². The van der Waals surface area contributed by atoms with Crippen LogP contribution in [0, 0.1) is 0 Å². The monoisotopic (exact) mass is 301 g/mol. The average Bonchev–Trinajstić information content (AvgIpc) is 3.05. The van der Waals surface area contributed by atoms with E-state index < -0.39 is 0 Å². The maximum Gasteiger partial charge on any atom is 0.317 e. The van der Waals surface area contributed by atoms with Crippen LogP contribution in [-0.4, -0.2) is 34.6 Å². The van der Waals surface area contributed by atoms with Gasteiger partial charge in [0, 0.05) is 37.4 Å². The van der Waals surface area contributed by atoms with Gasteiger partial charge in [0.25, 0.3) is 5.56 Å². The first kappa shape index (κ1) is 14.9. The summed E-state index contributed by atoms with van der Waals surface area (Å²) in [6.45, 7) is 6.01. The molecule has 0 radical (unpaired) electrons. The highest BCUT2D eigenvalue weighted by atomic mass is 16.2. The molecular weight excluding hydrogens is 278 g/mol. The fraction of sp³-hybridized carbons (Fsp3) is 0.529. The van der Waals surface area contributed by atoms with Crippen molar-refractivity contribution >= 4 is 6.03 Å². The quantitative estimate of drug-likeness (QED) is 0.864. The summed E-state index contributed by atoms with van der Waals surface area (Å²) < 4.78 is 1.79. The molecule has 1 aliphatic heterocycles. The van der Waals surface area contributed by atoms with Crippen LogP contribution >= 0.6 is 0 Å². The Morgan fingerprint density at radius 3 is 2.86 bits per heavy atom. The zero-order chi connectivity index (χ0) is 15.5. The average molecular weight is 301 g/mol. The number of urea groups is 1. The van der Waals surface area contributed by atoms with Crippen molar-refractivity contribution in [2.75, 3.05) is 13.1 Å². The number of allylic oxidation sites excluding steroid dienone is 1. The minimum Gasteiger partial charge on any atom is -0.335 e. The zero-order valence-corrected chi connectivity index (χ0v) is 12.9. The van der Waals surface area contributed by atoms with Crippen molar-refractivity contribution in [3.8, 4) is 0 Å². The van der Waals surface area contributed by atoms with E-state index in [1.54, 1.807) is 16.7 Å². The normalized spacial score (nSPS) is 20.5. The molecule has 1 atom stereocenters. The van der Waals surface area contributed by atoms with Gasteiger partial charge in [-0.1, -0.05) is 12.1 Å². The highest BCUT2D eigenvalue weighted by Gasteiger charge is 2.25. The molecule has 3 rings (SSSR count). The number of carbonyl (C=O) groups is 1. The minimum atomic E-state index is 0.0261. The van der Waals surface area contributed by atoms with E-state index in [0.717, 1.165) is 50.9 Å². The Balaban J connectivity index is 1.71. The number of hydrogen-bond donors (Lipinski definition) is 1. The van der Waals surface area contributed by atoms with Crippen molar-refractivity contribution in [1.29, 1.82) is 0 Å². The molecule has 118 valence electrons. The fourth-order valence-electron chi connectivity index (χ4n) is 3.46. The number of aromatic nitrogens is 1. The van der Waals surface area contributed by atoms with Crippen LogP contribution in [0.25, 0.3) is 0 Å². The molecule has 2 amide bonds. The Hall–Kier alpha value is -2.04. The van der Waals surface area contributed by atoms with Gasteiger partial charge in [-0.25, -0.2) is 4.79 Å². The molecular formula is C17H23N3O2. The van der Waals surface area contributed by atoms with E-state index in [9.17, 15) is 9.59 Å². The van der Waals surface area contributed by atoms with Gasteiger partial charge < -0.3 is 14.8 Å². The van der Waals surface area contributed by atoms with Crippen molar-refractivity contribution in [2.45, 2.75) is 44.7 Å². The largest absolute Gasteiger partial charge is 0.335 e. The van der Waals surface area contributed by atoms with Gasteiger partial charge in [0.1, 0.15) is 0 Å². The predicted molar refractivity (Wildman–Crippen MR) is 86.1 cm³/mol. The summed E-state index contributed by atoms with van der Waals surface area (Å²) in [5.41, 5.74) is 2.29. The molecule has 1 unspecified atom stereocenters. The molecule has 2 heterocycles. The molecule has 1 aliphatic carbocycles. The molecule has 0 aromatic carbocycles. The molecule has 5 heteroatoms. The van der Waals surface area contributed by atoms with Crippen LogP contribution in [0.4, 0.5) is 4.79 Å². The van der Waals surface area contributed by atoms with E-state index in [2.05, 4.69) is 11.9 Å². The smallest absolute Gasteiger partial charge is 0.317 e. The van der Waals surface area contributed by atoms with Crippen LogP contribution in [-0.2, 0) is 19.4 Å². The molecule has 0 bridgehead atoms. The summed E-state index contributed by atoms with van der Waals surface area (Å²) in [6, 6.07) is 3.75.